The summed E-state index contributed by atoms with van der Waals surface area (Å²) in [6.07, 6.45) is 2.61. The van der Waals surface area contributed by atoms with Crippen molar-refractivity contribution in [1.82, 2.24) is 4.90 Å². The summed E-state index contributed by atoms with van der Waals surface area (Å²) in [4.78, 5) is 29.7. The lowest BCUT2D eigenvalue weighted by atomic mass is 9.86. The molecule has 1 aromatic rings. The molecule has 0 spiro atoms. The van der Waals surface area contributed by atoms with E-state index in [1.54, 1.807) is 9.80 Å². The molecule has 1 heterocycles. The van der Waals surface area contributed by atoms with Crippen molar-refractivity contribution in [3.8, 4) is 6.07 Å². The van der Waals surface area contributed by atoms with Crippen LogP contribution in [0.4, 0.5) is 10.5 Å². The van der Waals surface area contributed by atoms with E-state index < -0.39 is 11.0 Å². The molecule has 0 unspecified atom stereocenters. The van der Waals surface area contributed by atoms with Crippen LogP contribution in [0.2, 0.25) is 0 Å². The van der Waals surface area contributed by atoms with Gasteiger partial charge < -0.3 is 9.64 Å². The van der Waals surface area contributed by atoms with E-state index in [0.29, 0.717) is 25.9 Å². The van der Waals surface area contributed by atoms with Crippen molar-refractivity contribution in [3.63, 3.8) is 0 Å². The first-order valence-electron chi connectivity index (χ1n) is 9.98. The first-order chi connectivity index (χ1) is 13.2. The van der Waals surface area contributed by atoms with Crippen molar-refractivity contribution in [2.24, 2.45) is 5.41 Å². The number of hydrogen-bond donors (Lipinski definition) is 0. The SMILES string of the molecule is C[C@@H]1CN(C(=O)C2(C#N)CCCC2)c2ccccc2CN1C(=O)OC(C)(C)C. The van der Waals surface area contributed by atoms with Gasteiger partial charge in [0.1, 0.15) is 11.0 Å². The standard InChI is InChI=1S/C22H29N3O3/c1-16-13-25(19(26)22(15-23)11-7-8-12-22)18-10-6-5-9-17(18)14-24(16)20(27)28-21(2,3)4/h5-6,9-10,16H,7-8,11-14H2,1-4H3/t16-/m1/s1. The lowest BCUT2D eigenvalue weighted by molar-refractivity contribution is -0.125. The van der Waals surface area contributed by atoms with Gasteiger partial charge in [0.05, 0.1) is 18.7 Å². The second-order valence-corrected chi connectivity index (χ2v) is 8.90. The van der Waals surface area contributed by atoms with Gasteiger partial charge in [0.25, 0.3) is 0 Å². The Morgan fingerprint density at radius 3 is 2.46 bits per heavy atom. The van der Waals surface area contributed by atoms with Crippen molar-refractivity contribution in [3.05, 3.63) is 29.8 Å². The third kappa shape index (κ3) is 3.84. The van der Waals surface area contributed by atoms with Crippen LogP contribution in [0, 0.1) is 16.7 Å². The number of nitriles is 1. The molecule has 0 aromatic heterocycles. The number of fused-ring (bicyclic) bond motifs is 1. The third-order valence-electron chi connectivity index (χ3n) is 5.56. The lowest BCUT2D eigenvalue weighted by Gasteiger charge is -2.33. The summed E-state index contributed by atoms with van der Waals surface area (Å²) in [6, 6.07) is 9.70. The highest BCUT2D eigenvalue weighted by atomic mass is 16.6. The number of carbonyl (C=O) groups is 2. The number of benzene rings is 1. The first-order valence-corrected chi connectivity index (χ1v) is 9.98. The summed E-state index contributed by atoms with van der Waals surface area (Å²) in [5, 5.41) is 9.79. The predicted octanol–water partition coefficient (Wildman–Crippen LogP) is 4.24. The van der Waals surface area contributed by atoms with Gasteiger partial charge in [0.2, 0.25) is 5.91 Å². The Hall–Kier alpha value is -2.55. The minimum Gasteiger partial charge on any atom is -0.444 e. The van der Waals surface area contributed by atoms with Gasteiger partial charge in [-0.2, -0.15) is 5.26 Å². The molecule has 150 valence electrons. The Kier molecular flexibility index (Phi) is 5.38. The van der Waals surface area contributed by atoms with E-state index in [-0.39, 0.29) is 18.0 Å². The number of rotatable bonds is 1. The smallest absolute Gasteiger partial charge is 0.410 e. The van der Waals surface area contributed by atoms with E-state index in [1.165, 1.54) is 0 Å². The number of hydrogen-bond acceptors (Lipinski definition) is 4. The fourth-order valence-corrected chi connectivity index (χ4v) is 4.08. The van der Waals surface area contributed by atoms with Crippen LogP contribution in [0.1, 0.15) is 58.9 Å². The van der Waals surface area contributed by atoms with E-state index in [0.717, 1.165) is 24.1 Å². The molecular formula is C22H29N3O3. The van der Waals surface area contributed by atoms with Crippen LogP contribution in [-0.4, -0.2) is 35.1 Å². The first kappa shape index (κ1) is 20.2. The zero-order chi connectivity index (χ0) is 20.5. The summed E-state index contributed by atoms with van der Waals surface area (Å²) >= 11 is 0. The number of anilines is 1. The molecule has 6 nitrogen and oxygen atoms in total. The highest BCUT2D eigenvalue weighted by Crippen LogP contribution is 2.41. The highest BCUT2D eigenvalue weighted by Gasteiger charge is 2.46. The zero-order valence-electron chi connectivity index (χ0n) is 17.2. The highest BCUT2D eigenvalue weighted by molar-refractivity contribution is 6.00. The van der Waals surface area contributed by atoms with Gasteiger partial charge in [-0.15, -0.1) is 0 Å². The number of amides is 2. The molecule has 28 heavy (non-hydrogen) atoms. The molecule has 1 aliphatic heterocycles. The van der Waals surface area contributed by atoms with Crippen molar-refractivity contribution in [2.45, 2.75) is 71.6 Å². The van der Waals surface area contributed by atoms with Gasteiger partial charge >= 0.3 is 6.09 Å². The molecule has 0 N–H and O–H groups in total. The van der Waals surface area contributed by atoms with Crippen LogP contribution in [0.5, 0.6) is 0 Å². The quantitative estimate of drug-likeness (QED) is 0.727. The molecule has 1 fully saturated rings. The number of ether oxygens (including phenoxy) is 1. The van der Waals surface area contributed by atoms with Crippen LogP contribution in [0.25, 0.3) is 0 Å². The third-order valence-corrected chi connectivity index (χ3v) is 5.56. The van der Waals surface area contributed by atoms with Crippen molar-refractivity contribution < 1.29 is 14.3 Å². The summed E-state index contributed by atoms with van der Waals surface area (Å²) in [5.74, 6) is -0.141. The Morgan fingerprint density at radius 2 is 1.86 bits per heavy atom. The molecular weight excluding hydrogens is 354 g/mol. The molecule has 2 amide bonds. The minimum atomic E-state index is -0.950. The normalized spacial score (nSPS) is 21.5. The average Bonchev–Trinajstić information content (AvgIpc) is 3.07. The number of nitrogens with zero attached hydrogens (tertiary/aromatic N) is 3. The Morgan fingerprint density at radius 1 is 1.21 bits per heavy atom. The van der Waals surface area contributed by atoms with E-state index >= 15 is 0 Å². The topological polar surface area (TPSA) is 73.6 Å². The molecule has 6 heteroatoms. The molecule has 1 atom stereocenters. The second-order valence-electron chi connectivity index (χ2n) is 8.90. The fraction of sp³-hybridized carbons (Fsp3) is 0.591. The van der Waals surface area contributed by atoms with E-state index in [9.17, 15) is 14.9 Å². The van der Waals surface area contributed by atoms with Crippen molar-refractivity contribution in [1.29, 1.82) is 5.26 Å². The molecule has 0 bridgehead atoms. The monoisotopic (exact) mass is 383 g/mol. The number of carbonyl (C=O) groups excluding carboxylic acids is 2. The zero-order valence-corrected chi connectivity index (χ0v) is 17.2. The van der Waals surface area contributed by atoms with E-state index in [1.807, 2.05) is 52.0 Å². The van der Waals surface area contributed by atoms with Gasteiger partial charge in [-0.05, 0) is 52.2 Å². The summed E-state index contributed by atoms with van der Waals surface area (Å²) in [5.41, 5.74) is 0.130. The van der Waals surface area contributed by atoms with Crippen LogP contribution in [0.15, 0.2) is 24.3 Å². The largest absolute Gasteiger partial charge is 0.444 e. The van der Waals surface area contributed by atoms with Crippen molar-refractivity contribution in [2.75, 3.05) is 11.4 Å². The van der Waals surface area contributed by atoms with E-state index in [2.05, 4.69) is 6.07 Å². The maximum atomic E-state index is 13.5. The van der Waals surface area contributed by atoms with Gasteiger partial charge in [-0.1, -0.05) is 31.0 Å². The number of para-hydroxylation sites is 1. The molecule has 1 aromatic carbocycles. The fourth-order valence-electron chi connectivity index (χ4n) is 4.08. The molecule has 3 rings (SSSR count). The molecule has 1 saturated carbocycles. The van der Waals surface area contributed by atoms with Gasteiger partial charge in [-0.25, -0.2) is 4.79 Å². The Bertz CT molecular complexity index is 800. The van der Waals surface area contributed by atoms with Crippen LogP contribution in [0.3, 0.4) is 0 Å². The summed E-state index contributed by atoms with van der Waals surface area (Å²) < 4.78 is 5.59. The average molecular weight is 383 g/mol. The van der Waals surface area contributed by atoms with Crippen LogP contribution >= 0.6 is 0 Å². The van der Waals surface area contributed by atoms with Crippen LogP contribution < -0.4 is 4.90 Å². The van der Waals surface area contributed by atoms with Gasteiger partial charge in [0, 0.05) is 12.2 Å². The molecule has 1 aliphatic carbocycles. The van der Waals surface area contributed by atoms with E-state index in [4.69, 9.17) is 4.74 Å². The lowest BCUT2D eigenvalue weighted by Crippen LogP contribution is -2.49. The van der Waals surface area contributed by atoms with Gasteiger partial charge in [0.15, 0.2) is 0 Å². The minimum absolute atomic E-state index is 0.141. The summed E-state index contributed by atoms with van der Waals surface area (Å²) in [7, 11) is 0. The predicted molar refractivity (Wildman–Crippen MR) is 107 cm³/mol. The molecule has 2 aliphatic rings. The maximum absolute atomic E-state index is 13.5. The summed E-state index contributed by atoms with van der Waals surface area (Å²) in [6.45, 7) is 8.16. The Labute approximate surface area is 167 Å². The molecule has 0 radical (unpaired) electrons. The van der Waals surface area contributed by atoms with Crippen LogP contribution in [-0.2, 0) is 16.1 Å². The molecule has 0 saturated heterocycles. The second kappa shape index (κ2) is 7.46. The van der Waals surface area contributed by atoms with Crippen molar-refractivity contribution >= 4 is 17.7 Å². The van der Waals surface area contributed by atoms with Gasteiger partial charge in [-0.3, -0.25) is 9.69 Å². The Balaban J connectivity index is 1.96. The maximum Gasteiger partial charge on any atom is 0.410 e.